The first-order chi connectivity index (χ1) is 12.1. The molecule has 0 aliphatic rings. The van der Waals surface area contributed by atoms with Crippen LogP contribution in [0, 0.1) is 10.1 Å². The van der Waals surface area contributed by atoms with Crippen LogP contribution in [-0.2, 0) is 34.4 Å². The van der Waals surface area contributed by atoms with Gasteiger partial charge in [0, 0.05) is 24.1 Å². The summed E-state index contributed by atoms with van der Waals surface area (Å²) in [6, 6.07) is 5.05. The number of Topliss-reactive ketones (excluding diaryl/α,β-unsaturated/α-hetero) is 2. The molecule has 0 fully saturated rings. The molecule has 1 aromatic carbocycles. The fourth-order valence-corrected chi connectivity index (χ4v) is 2.19. The number of hydrogen-bond donors (Lipinski definition) is 0. The number of rotatable bonds is 9. The lowest BCUT2D eigenvalue weighted by Gasteiger charge is -2.32. The number of nitrogens with zero attached hydrogens (tertiary/aromatic N) is 1. The van der Waals surface area contributed by atoms with E-state index in [1.807, 2.05) is 0 Å². The van der Waals surface area contributed by atoms with Crippen molar-refractivity contribution in [3.05, 3.63) is 39.9 Å². The summed E-state index contributed by atoms with van der Waals surface area (Å²) in [5.41, 5.74) is -0.256. The zero-order valence-electron chi connectivity index (χ0n) is 14.6. The van der Waals surface area contributed by atoms with Gasteiger partial charge in [-0.3, -0.25) is 29.3 Å². The molecule has 0 aliphatic carbocycles. The first-order valence-electron chi connectivity index (χ1n) is 7.77. The Balaban J connectivity index is 3.33. The van der Waals surface area contributed by atoms with Crippen molar-refractivity contribution in [3.8, 4) is 0 Å². The van der Waals surface area contributed by atoms with Gasteiger partial charge in [-0.1, -0.05) is 19.1 Å². The predicted molar refractivity (Wildman–Crippen MR) is 87.8 cm³/mol. The number of nitro groups is 1. The Morgan fingerprint density at radius 3 is 1.92 bits per heavy atom. The Morgan fingerprint density at radius 2 is 1.54 bits per heavy atom. The number of ketones is 2. The highest BCUT2D eigenvalue weighted by Crippen LogP contribution is 2.34. The highest BCUT2D eigenvalue weighted by atomic mass is 16.7. The second-order valence-electron chi connectivity index (χ2n) is 5.62. The zero-order valence-corrected chi connectivity index (χ0v) is 14.6. The molecule has 9 heteroatoms. The second-order valence-corrected chi connectivity index (χ2v) is 5.62. The van der Waals surface area contributed by atoms with Gasteiger partial charge >= 0.3 is 11.9 Å². The summed E-state index contributed by atoms with van der Waals surface area (Å²) in [5.74, 6) is -4.82. The van der Waals surface area contributed by atoms with E-state index in [1.54, 1.807) is 0 Å². The fourth-order valence-electron chi connectivity index (χ4n) is 2.19. The molecule has 0 unspecified atom stereocenters. The van der Waals surface area contributed by atoms with Gasteiger partial charge in [0.1, 0.15) is 24.4 Å². The first-order valence-corrected chi connectivity index (χ1v) is 7.77. The molecule has 0 bridgehead atoms. The van der Waals surface area contributed by atoms with Crippen LogP contribution in [-0.4, -0.2) is 28.4 Å². The fraction of sp³-hybridized carbons (Fsp3) is 0.412. The van der Waals surface area contributed by atoms with E-state index in [0.717, 1.165) is 6.07 Å². The molecule has 9 nitrogen and oxygen atoms in total. The van der Waals surface area contributed by atoms with Gasteiger partial charge in [0.15, 0.2) is 0 Å². The number of hydrogen-bond acceptors (Lipinski definition) is 8. The van der Waals surface area contributed by atoms with E-state index < -0.39 is 47.1 Å². The maximum absolute atomic E-state index is 12.0. The van der Waals surface area contributed by atoms with Crippen LogP contribution in [0.3, 0.4) is 0 Å². The van der Waals surface area contributed by atoms with Gasteiger partial charge in [-0.15, -0.1) is 0 Å². The van der Waals surface area contributed by atoms with E-state index in [9.17, 15) is 29.3 Å². The third-order valence-electron chi connectivity index (χ3n) is 3.31. The first kappa shape index (κ1) is 20.9. The van der Waals surface area contributed by atoms with Gasteiger partial charge in [0.2, 0.25) is 0 Å². The third kappa shape index (κ3) is 5.76. The van der Waals surface area contributed by atoms with E-state index in [4.69, 9.17) is 9.47 Å². The molecule has 0 spiro atoms. The van der Waals surface area contributed by atoms with Crippen molar-refractivity contribution >= 4 is 29.2 Å². The minimum atomic E-state index is -1.98. The molecule has 0 radical (unpaired) electrons. The SMILES string of the molecule is CCC(OC(=O)CC(C)=O)(OC(=O)CC(C)=O)c1cccc([N+](=O)[O-])c1. The number of carbonyl (C=O) groups is 4. The van der Waals surface area contributed by atoms with Crippen LogP contribution in [0.25, 0.3) is 0 Å². The van der Waals surface area contributed by atoms with E-state index in [1.165, 1.54) is 39.0 Å². The lowest BCUT2D eigenvalue weighted by atomic mass is 10.0. The van der Waals surface area contributed by atoms with Gasteiger partial charge in [-0.05, 0) is 13.8 Å². The van der Waals surface area contributed by atoms with Crippen LogP contribution >= 0.6 is 0 Å². The van der Waals surface area contributed by atoms with Gasteiger partial charge in [-0.2, -0.15) is 0 Å². The summed E-state index contributed by atoms with van der Waals surface area (Å²) in [5, 5.41) is 11.0. The molecule has 0 heterocycles. The predicted octanol–water partition coefficient (Wildman–Crippen LogP) is 2.20. The number of nitro benzene ring substituents is 1. The van der Waals surface area contributed by atoms with E-state index in [-0.39, 0.29) is 17.7 Å². The van der Waals surface area contributed by atoms with Crippen LogP contribution < -0.4 is 0 Å². The lowest BCUT2D eigenvalue weighted by Crippen LogP contribution is -2.38. The summed E-state index contributed by atoms with van der Waals surface area (Å²) in [4.78, 5) is 56.6. The highest BCUT2D eigenvalue weighted by molar-refractivity contribution is 5.95. The van der Waals surface area contributed by atoms with Crippen molar-refractivity contribution in [1.29, 1.82) is 0 Å². The molecule has 0 atom stereocenters. The van der Waals surface area contributed by atoms with Gasteiger partial charge in [0.25, 0.3) is 11.5 Å². The molecule has 1 rings (SSSR count). The normalized spacial score (nSPS) is 10.7. The van der Waals surface area contributed by atoms with Crippen LogP contribution in [0.4, 0.5) is 5.69 Å². The molecule has 0 aromatic heterocycles. The zero-order chi connectivity index (χ0) is 19.9. The van der Waals surface area contributed by atoms with Crippen LogP contribution in [0.1, 0.15) is 45.6 Å². The topological polar surface area (TPSA) is 130 Å². The molecule has 26 heavy (non-hydrogen) atoms. The van der Waals surface area contributed by atoms with Crippen molar-refractivity contribution in [2.45, 2.75) is 45.8 Å². The largest absolute Gasteiger partial charge is 0.418 e. The van der Waals surface area contributed by atoms with Crippen molar-refractivity contribution in [3.63, 3.8) is 0 Å². The van der Waals surface area contributed by atoms with Crippen LogP contribution in [0.2, 0.25) is 0 Å². The van der Waals surface area contributed by atoms with Crippen molar-refractivity contribution in [2.75, 3.05) is 0 Å². The minimum absolute atomic E-state index is 0.0444. The smallest absolute Gasteiger partial charge is 0.316 e. The number of esters is 2. The molecule has 0 saturated heterocycles. The van der Waals surface area contributed by atoms with Crippen molar-refractivity contribution in [1.82, 2.24) is 0 Å². The van der Waals surface area contributed by atoms with Crippen molar-refractivity contribution in [2.24, 2.45) is 0 Å². The van der Waals surface area contributed by atoms with Crippen LogP contribution in [0.15, 0.2) is 24.3 Å². The van der Waals surface area contributed by atoms with E-state index in [0.29, 0.717) is 0 Å². The van der Waals surface area contributed by atoms with E-state index >= 15 is 0 Å². The summed E-state index contributed by atoms with van der Waals surface area (Å²) in [6.45, 7) is 3.90. The summed E-state index contributed by atoms with van der Waals surface area (Å²) >= 11 is 0. The molecule has 140 valence electrons. The highest BCUT2D eigenvalue weighted by Gasteiger charge is 2.40. The average Bonchev–Trinajstić information content (AvgIpc) is 2.52. The van der Waals surface area contributed by atoms with Gasteiger partial charge in [-0.25, -0.2) is 0 Å². The summed E-state index contributed by atoms with van der Waals surface area (Å²) in [7, 11) is 0. The molecule has 0 aliphatic heterocycles. The molecule has 0 amide bonds. The molecule has 1 aromatic rings. The number of non-ortho nitro benzene ring substituents is 1. The van der Waals surface area contributed by atoms with Gasteiger partial charge in [0.05, 0.1) is 4.92 Å². The Bertz CT molecular complexity index is 710. The Hall–Kier alpha value is -3.10. The van der Waals surface area contributed by atoms with Crippen molar-refractivity contribution < 1.29 is 33.6 Å². The number of benzene rings is 1. The summed E-state index contributed by atoms with van der Waals surface area (Å²) < 4.78 is 10.5. The quantitative estimate of drug-likeness (QED) is 0.214. The Kier molecular flexibility index (Phi) is 7.12. The molecule has 0 saturated carbocycles. The number of ether oxygens (including phenoxy) is 2. The van der Waals surface area contributed by atoms with E-state index in [2.05, 4.69) is 0 Å². The monoisotopic (exact) mass is 365 g/mol. The Morgan fingerprint density at radius 1 is 1.04 bits per heavy atom. The standard InChI is InChI=1S/C17H19NO8/c1-4-17(25-15(21)8-11(2)19,26-16(22)9-12(3)20)13-6-5-7-14(10-13)18(23)24/h5-7,10H,4,8-9H2,1-3H3. The molecular formula is C17H19NO8. The maximum atomic E-state index is 12.0. The third-order valence-corrected chi connectivity index (χ3v) is 3.31. The summed E-state index contributed by atoms with van der Waals surface area (Å²) in [6.07, 6.45) is -1.19. The lowest BCUT2D eigenvalue weighted by molar-refractivity contribution is -0.385. The Labute approximate surface area is 149 Å². The molecular weight excluding hydrogens is 346 g/mol. The second kappa shape index (κ2) is 8.84. The number of carbonyl (C=O) groups excluding carboxylic acids is 4. The maximum Gasteiger partial charge on any atom is 0.316 e. The minimum Gasteiger partial charge on any atom is -0.418 e. The van der Waals surface area contributed by atoms with Gasteiger partial charge < -0.3 is 9.47 Å². The molecule has 0 N–H and O–H groups in total. The average molecular weight is 365 g/mol. The van der Waals surface area contributed by atoms with Crippen LogP contribution in [0.5, 0.6) is 0 Å².